The van der Waals surface area contributed by atoms with Gasteiger partial charge >= 0.3 is 12.0 Å². The van der Waals surface area contributed by atoms with Gasteiger partial charge in [-0.1, -0.05) is 6.92 Å². The number of nitrogens with zero attached hydrogens (tertiary/aromatic N) is 1. The average molecular weight is 228 g/mol. The molecule has 1 fully saturated rings. The molecule has 0 saturated carbocycles. The van der Waals surface area contributed by atoms with Crippen LogP contribution in [0.4, 0.5) is 4.79 Å². The van der Waals surface area contributed by atoms with Crippen LogP contribution in [0.25, 0.3) is 0 Å². The summed E-state index contributed by atoms with van der Waals surface area (Å²) in [5.41, 5.74) is 0. The number of hydrogen-bond donors (Lipinski definition) is 1. The van der Waals surface area contributed by atoms with Crippen molar-refractivity contribution in [3.63, 3.8) is 0 Å². The number of ether oxygens (including phenoxy) is 1. The summed E-state index contributed by atoms with van der Waals surface area (Å²) in [7, 11) is 1.31. The largest absolute Gasteiger partial charge is 0.467 e. The van der Waals surface area contributed by atoms with Gasteiger partial charge in [-0.2, -0.15) is 0 Å². The Hall–Kier alpha value is -1.26. The maximum Gasteiger partial charge on any atom is 0.328 e. The molecule has 0 bridgehead atoms. The molecule has 1 aliphatic rings. The predicted octanol–water partition coefficient (Wildman–Crippen LogP) is 0.989. The zero-order chi connectivity index (χ0) is 12.1. The molecule has 1 N–H and O–H groups in total. The van der Waals surface area contributed by atoms with E-state index < -0.39 is 12.0 Å². The van der Waals surface area contributed by atoms with Crippen LogP contribution in [0.15, 0.2) is 0 Å². The van der Waals surface area contributed by atoms with E-state index in [-0.39, 0.29) is 6.03 Å². The minimum atomic E-state index is -0.586. The van der Waals surface area contributed by atoms with Crippen molar-refractivity contribution in [1.82, 2.24) is 10.2 Å². The highest BCUT2D eigenvalue weighted by atomic mass is 16.5. The van der Waals surface area contributed by atoms with Crippen LogP contribution < -0.4 is 5.32 Å². The van der Waals surface area contributed by atoms with E-state index in [2.05, 4.69) is 17.0 Å². The summed E-state index contributed by atoms with van der Waals surface area (Å²) in [6.07, 6.45) is 2.06. The second-order valence-corrected chi connectivity index (χ2v) is 4.36. The van der Waals surface area contributed by atoms with Crippen molar-refractivity contribution in [3.8, 4) is 0 Å². The number of likely N-dealkylation sites (tertiary alicyclic amines) is 1. The molecule has 1 saturated heterocycles. The topological polar surface area (TPSA) is 58.6 Å². The Bertz CT molecular complexity index is 260. The van der Waals surface area contributed by atoms with Gasteiger partial charge < -0.3 is 15.0 Å². The van der Waals surface area contributed by atoms with Gasteiger partial charge in [0.2, 0.25) is 0 Å². The lowest BCUT2D eigenvalue weighted by Gasteiger charge is -2.31. The van der Waals surface area contributed by atoms with Crippen LogP contribution >= 0.6 is 0 Å². The van der Waals surface area contributed by atoms with Gasteiger partial charge in [0.15, 0.2) is 0 Å². The molecule has 0 aromatic heterocycles. The van der Waals surface area contributed by atoms with Gasteiger partial charge in [0.25, 0.3) is 0 Å². The Balaban J connectivity index is 2.37. The highest BCUT2D eigenvalue weighted by Crippen LogP contribution is 2.15. The SMILES string of the molecule is COC(=O)[C@H](C)NC(=O)N1CCC(C)CC1. The first-order valence-electron chi connectivity index (χ1n) is 5.68. The van der Waals surface area contributed by atoms with Crippen LogP contribution in [-0.4, -0.2) is 43.1 Å². The third kappa shape index (κ3) is 3.40. The van der Waals surface area contributed by atoms with Gasteiger partial charge in [0, 0.05) is 13.1 Å². The number of carbonyl (C=O) groups is 2. The van der Waals surface area contributed by atoms with Gasteiger partial charge in [0.1, 0.15) is 6.04 Å². The fraction of sp³-hybridized carbons (Fsp3) is 0.818. The van der Waals surface area contributed by atoms with Gasteiger partial charge in [0.05, 0.1) is 7.11 Å². The van der Waals surface area contributed by atoms with Crippen LogP contribution in [0.5, 0.6) is 0 Å². The molecule has 5 nitrogen and oxygen atoms in total. The average Bonchev–Trinajstić information content (AvgIpc) is 2.28. The van der Waals surface area contributed by atoms with E-state index in [1.54, 1.807) is 11.8 Å². The van der Waals surface area contributed by atoms with E-state index in [1.807, 2.05) is 0 Å². The van der Waals surface area contributed by atoms with E-state index in [0.29, 0.717) is 5.92 Å². The summed E-state index contributed by atoms with van der Waals surface area (Å²) in [6, 6.07) is -0.762. The van der Waals surface area contributed by atoms with E-state index in [9.17, 15) is 9.59 Å². The first kappa shape index (κ1) is 12.8. The molecule has 0 spiro atoms. The molecule has 1 rings (SSSR count). The standard InChI is InChI=1S/C11H20N2O3/c1-8-4-6-13(7-5-8)11(15)12-9(2)10(14)16-3/h8-9H,4-7H2,1-3H3,(H,12,15)/t9-/m0/s1. The van der Waals surface area contributed by atoms with Crippen LogP contribution in [0.1, 0.15) is 26.7 Å². The summed E-state index contributed by atoms with van der Waals surface area (Å²) in [5.74, 6) is 0.265. The Morgan fingerprint density at radius 1 is 1.38 bits per heavy atom. The number of urea groups is 1. The molecule has 1 heterocycles. The summed E-state index contributed by atoms with van der Waals surface area (Å²) in [6.45, 7) is 5.34. The summed E-state index contributed by atoms with van der Waals surface area (Å²) in [5, 5.41) is 2.63. The lowest BCUT2D eigenvalue weighted by molar-refractivity contribution is -0.142. The number of rotatable bonds is 2. The molecule has 92 valence electrons. The maximum atomic E-state index is 11.7. The number of methoxy groups -OCH3 is 1. The summed E-state index contributed by atoms with van der Waals surface area (Å²) in [4.78, 5) is 24.6. The number of nitrogens with one attached hydrogen (secondary N) is 1. The third-order valence-corrected chi connectivity index (χ3v) is 2.97. The van der Waals surface area contributed by atoms with Crippen molar-refractivity contribution < 1.29 is 14.3 Å². The first-order chi connectivity index (χ1) is 7.54. The first-order valence-corrected chi connectivity index (χ1v) is 5.68. The van der Waals surface area contributed by atoms with Crippen molar-refractivity contribution in [1.29, 1.82) is 0 Å². The Kier molecular flexibility index (Phi) is 4.58. The highest BCUT2D eigenvalue weighted by Gasteiger charge is 2.23. The third-order valence-electron chi connectivity index (χ3n) is 2.97. The lowest BCUT2D eigenvalue weighted by Crippen LogP contribution is -2.49. The van der Waals surface area contributed by atoms with Gasteiger partial charge in [-0.25, -0.2) is 9.59 Å². The Labute approximate surface area is 96.1 Å². The van der Waals surface area contributed by atoms with E-state index in [4.69, 9.17) is 0 Å². The number of piperidine rings is 1. The van der Waals surface area contributed by atoms with Crippen LogP contribution in [-0.2, 0) is 9.53 Å². The molecule has 0 aromatic rings. The molecule has 16 heavy (non-hydrogen) atoms. The fourth-order valence-electron chi connectivity index (χ4n) is 1.72. The fourth-order valence-corrected chi connectivity index (χ4v) is 1.72. The molecule has 0 aromatic carbocycles. The van der Waals surface area contributed by atoms with Gasteiger partial charge in [-0.15, -0.1) is 0 Å². The van der Waals surface area contributed by atoms with E-state index in [0.717, 1.165) is 25.9 Å². The van der Waals surface area contributed by atoms with Gasteiger partial charge in [-0.05, 0) is 25.7 Å². The molecule has 1 atom stereocenters. The molecule has 1 aliphatic heterocycles. The molecule has 0 unspecified atom stereocenters. The lowest BCUT2D eigenvalue weighted by atomic mass is 10.00. The normalized spacial score (nSPS) is 19.1. The zero-order valence-electron chi connectivity index (χ0n) is 10.2. The Morgan fingerprint density at radius 3 is 2.44 bits per heavy atom. The van der Waals surface area contributed by atoms with Crippen molar-refractivity contribution in [2.24, 2.45) is 5.92 Å². The van der Waals surface area contributed by atoms with E-state index in [1.165, 1.54) is 7.11 Å². The van der Waals surface area contributed by atoms with Crippen molar-refractivity contribution in [2.75, 3.05) is 20.2 Å². The van der Waals surface area contributed by atoms with Crippen LogP contribution in [0.3, 0.4) is 0 Å². The predicted molar refractivity (Wildman–Crippen MR) is 60.0 cm³/mol. The Morgan fingerprint density at radius 2 is 1.94 bits per heavy atom. The number of esters is 1. The number of carbonyl (C=O) groups excluding carboxylic acids is 2. The van der Waals surface area contributed by atoms with Crippen molar-refractivity contribution in [3.05, 3.63) is 0 Å². The minimum Gasteiger partial charge on any atom is -0.467 e. The van der Waals surface area contributed by atoms with Crippen LogP contribution in [0, 0.1) is 5.92 Å². The van der Waals surface area contributed by atoms with Crippen molar-refractivity contribution in [2.45, 2.75) is 32.7 Å². The van der Waals surface area contributed by atoms with Crippen LogP contribution in [0.2, 0.25) is 0 Å². The highest BCUT2D eigenvalue weighted by molar-refractivity contribution is 5.83. The summed E-state index contributed by atoms with van der Waals surface area (Å²) >= 11 is 0. The molecule has 0 aliphatic carbocycles. The minimum absolute atomic E-state index is 0.176. The van der Waals surface area contributed by atoms with Crippen molar-refractivity contribution >= 4 is 12.0 Å². The molecule has 2 amide bonds. The van der Waals surface area contributed by atoms with E-state index >= 15 is 0 Å². The second-order valence-electron chi connectivity index (χ2n) is 4.36. The summed E-state index contributed by atoms with van der Waals surface area (Å²) < 4.78 is 4.55. The monoisotopic (exact) mass is 228 g/mol. The van der Waals surface area contributed by atoms with Gasteiger partial charge in [-0.3, -0.25) is 0 Å². The second kappa shape index (κ2) is 5.72. The zero-order valence-corrected chi connectivity index (χ0v) is 10.2. The molecular weight excluding hydrogens is 208 g/mol. The molecular formula is C11H20N2O3. The maximum absolute atomic E-state index is 11.7. The molecule has 5 heteroatoms. The molecule has 0 radical (unpaired) electrons. The quantitative estimate of drug-likeness (QED) is 0.717. The number of amides is 2. The smallest absolute Gasteiger partial charge is 0.328 e. The number of hydrogen-bond acceptors (Lipinski definition) is 3.